The molecule has 0 aliphatic heterocycles. The van der Waals surface area contributed by atoms with Gasteiger partial charge in [-0.25, -0.2) is 4.79 Å². The molecule has 0 spiro atoms. The summed E-state index contributed by atoms with van der Waals surface area (Å²) in [6, 6.07) is 7.96. The average Bonchev–Trinajstić information content (AvgIpc) is 3.07. The normalized spacial score (nSPS) is 11.7. The average molecular weight is 334 g/mol. The zero-order valence-electron chi connectivity index (χ0n) is 12.9. The predicted octanol–water partition coefficient (Wildman–Crippen LogP) is 1.92. The lowest BCUT2D eigenvalue weighted by atomic mass is 10.0. The van der Waals surface area contributed by atoms with Gasteiger partial charge in [0.15, 0.2) is 6.04 Å². The van der Waals surface area contributed by atoms with E-state index in [0.29, 0.717) is 11.3 Å². The van der Waals surface area contributed by atoms with Crippen LogP contribution in [0, 0.1) is 0 Å². The number of rotatable bonds is 6. The zero-order valence-corrected chi connectivity index (χ0v) is 13.7. The number of nitrogens with one attached hydrogen (secondary N) is 1. The van der Waals surface area contributed by atoms with E-state index < -0.39 is 12.0 Å². The minimum absolute atomic E-state index is 0.0295. The van der Waals surface area contributed by atoms with Gasteiger partial charge in [-0.15, -0.1) is 11.3 Å². The molecule has 0 bridgehead atoms. The summed E-state index contributed by atoms with van der Waals surface area (Å²) in [6.07, 6.45) is 0. The predicted molar refractivity (Wildman–Crippen MR) is 89.3 cm³/mol. The Bertz CT molecular complexity index is 685. The number of nitrogen functional groups attached to an aromatic ring is 1. The standard InChI is InChI=1S/C16H18N2O4S/c1-21-9-13(16(20)22-2)18-15(19)11-6-5-10(17)8-12(11)14-4-3-7-23-14/h3-8,13H,9,17H2,1-2H3,(H,18,19)/t13-/m1/s1. The van der Waals surface area contributed by atoms with Crippen molar-refractivity contribution >= 4 is 28.9 Å². The number of carbonyl (C=O) groups is 2. The minimum atomic E-state index is -0.869. The zero-order chi connectivity index (χ0) is 16.8. The second-order valence-corrected chi connectivity index (χ2v) is 5.73. The fraction of sp³-hybridized carbons (Fsp3) is 0.250. The van der Waals surface area contributed by atoms with Crippen LogP contribution in [0.5, 0.6) is 0 Å². The molecule has 3 N–H and O–H groups in total. The van der Waals surface area contributed by atoms with Gasteiger partial charge in [-0.05, 0) is 29.6 Å². The molecule has 23 heavy (non-hydrogen) atoms. The highest BCUT2D eigenvalue weighted by atomic mass is 32.1. The Morgan fingerprint density at radius 2 is 2.09 bits per heavy atom. The molecule has 2 aromatic rings. The van der Waals surface area contributed by atoms with E-state index in [4.69, 9.17) is 10.5 Å². The number of carbonyl (C=O) groups excluding carboxylic acids is 2. The number of esters is 1. The molecule has 122 valence electrons. The highest BCUT2D eigenvalue weighted by molar-refractivity contribution is 7.13. The largest absolute Gasteiger partial charge is 0.467 e. The van der Waals surface area contributed by atoms with E-state index in [2.05, 4.69) is 10.1 Å². The van der Waals surface area contributed by atoms with Crippen LogP contribution in [0.2, 0.25) is 0 Å². The van der Waals surface area contributed by atoms with Crippen LogP contribution < -0.4 is 11.1 Å². The van der Waals surface area contributed by atoms with Gasteiger partial charge in [0.1, 0.15) is 0 Å². The lowest BCUT2D eigenvalue weighted by molar-refractivity contribution is -0.144. The Morgan fingerprint density at radius 3 is 2.70 bits per heavy atom. The van der Waals surface area contributed by atoms with Crippen molar-refractivity contribution < 1.29 is 19.1 Å². The lowest BCUT2D eigenvalue weighted by Crippen LogP contribution is -2.44. The SMILES string of the molecule is COC[C@@H](NC(=O)c1ccc(N)cc1-c1cccs1)C(=O)OC. The Balaban J connectivity index is 2.30. The number of amides is 1. The van der Waals surface area contributed by atoms with Crippen molar-refractivity contribution in [2.24, 2.45) is 0 Å². The molecule has 1 aromatic heterocycles. The number of anilines is 1. The van der Waals surface area contributed by atoms with Gasteiger partial charge in [0.05, 0.1) is 13.7 Å². The van der Waals surface area contributed by atoms with Gasteiger partial charge in [-0.3, -0.25) is 4.79 Å². The number of thiophene rings is 1. The van der Waals surface area contributed by atoms with E-state index >= 15 is 0 Å². The minimum Gasteiger partial charge on any atom is -0.467 e. The summed E-state index contributed by atoms with van der Waals surface area (Å²) in [5, 5.41) is 4.55. The van der Waals surface area contributed by atoms with E-state index in [-0.39, 0.29) is 12.5 Å². The first-order valence-electron chi connectivity index (χ1n) is 6.88. The molecule has 0 aliphatic carbocycles. The van der Waals surface area contributed by atoms with Crippen LogP contribution in [0.4, 0.5) is 5.69 Å². The molecule has 1 aromatic carbocycles. The monoisotopic (exact) mass is 334 g/mol. The van der Waals surface area contributed by atoms with Gasteiger partial charge < -0.3 is 20.5 Å². The van der Waals surface area contributed by atoms with Crippen LogP contribution in [0.3, 0.4) is 0 Å². The third kappa shape index (κ3) is 4.08. The molecule has 0 radical (unpaired) electrons. The molecule has 0 fully saturated rings. The first-order chi connectivity index (χ1) is 11.1. The maximum Gasteiger partial charge on any atom is 0.330 e. The van der Waals surface area contributed by atoms with Crippen molar-refractivity contribution in [3.63, 3.8) is 0 Å². The van der Waals surface area contributed by atoms with Crippen molar-refractivity contribution in [1.29, 1.82) is 0 Å². The highest BCUT2D eigenvalue weighted by Gasteiger charge is 2.23. The maximum atomic E-state index is 12.6. The molecule has 0 aliphatic rings. The molecule has 0 saturated carbocycles. The van der Waals surface area contributed by atoms with Crippen molar-refractivity contribution in [1.82, 2.24) is 5.32 Å². The van der Waals surface area contributed by atoms with E-state index in [1.165, 1.54) is 25.6 Å². The second-order valence-electron chi connectivity index (χ2n) is 4.79. The van der Waals surface area contributed by atoms with Crippen LogP contribution in [-0.2, 0) is 14.3 Å². The van der Waals surface area contributed by atoms with Gasteiger partial charge in [0.25, 0.3) is 5.91 Å². The quantitative estimate of drug-likeness (QED) is 0.622. The van der Waals surface area contributed by atoms with Gasteiger partial charge in [-0.1, -0.05) is 6.07 Å². The molecule has 6 nitrogen and oxygen atoms in total. The summed E-state index contributed by atoms with van der Waals surface area (Å²) in [7, 11) is 2.71. The third-order valence-electron chi connectivity index (χ3n) is 3.20. The van der Waals surface area contributed by atoms with Crippen molar-refractivity contribution in [3.05, 3.63) is 41.3 Å². The number of hydrogen-bond donors (Lipinski definition) is 2. The second kappa shape index (κ2) is 7.75. The highest BCUT2D eigenvalue weighted by Crippen LogP contribution is 2.30. The fourth-order valence-electron chi connectivity index (χ4n) is 2.11. The van der Waals surface area contributed by atoms with Gasteiger partial charge >= 0.3 is 5.97 Å². The topological polar surface area (TPSA) is 90.6 Å². The van der Waals surface area contributed by atoms with Crippen LogP contribution >= 0.6 is 11.3 Å². The molecular formula is C16H18N2O4S. The Labute approximate surface area is 138 Å². The molecule has 2 rings (SSSR count). The lowest BCUT2D eigenvalue weighted by Gasteiger charge is -2.17. The number of methoxy groups -OCH3 is 2. The van der Waals surface area contributed by atoms with Crippen LogP contribution in [0.1, 0.15) is 10.4 Å². The third-order valence-corrected chi connectivity index (χ3v) is 4.10. The van der Waals surface area contributed by atoms with Crippen molar-refractivity contribution in [2.75, 3.05) is 26.6 Å². The summed E-state index contributed by atoms with van der Waals surface area (Å²) >= 11 is 1.50. The van der Waals surface area contributed by atoms with Crippen molar-refractivity contribution in [2.45, 2.75) is 6.04 Å². The molecule has 7 heteroatoms. The number of nitrogens with two attached hydrogens (primary N) is 1. The maximum absolute atomic E-state index is 12.6. The molecule has 1 atom stereocenters. The summed E-state index contributed by atoms with van der Waals surface area (Å²) in [6.45, 7) is 0.0295. The molecule has 1 amide bonds. The van der Waals surface area contributed by atoms with Crippen LogP contribution in [0.25, 0.3) is 10.4 Å². The number of benzene rings is 1. The fourth-order valence-corrected chi connectivity index (χ4v) is 2.87. The summed E-state index contributed by atoms with van der Waals surface area (Å²) in [5.74, 6) is -0.950. The van der Waals surface area contributed by atoms with Gasteiger partial charge in [0.2, 0.25) is 0 Å². The summed E-state index contributed by atoms with van der Waals surface area (Å²) in [5.41, 5.74) is 7.55. The summed E-state index contributed by atoms with van der Waals surface area (Å²) in [4.78, 5) is 25.2. The van der Waals surface area contributed by atoms with Crippen molar-refractivity contribution in [3.8, 4) is 10.4 Å². The number of hydrogen-bond acceptors (Lipinski definition) is 6. The Hall–Kier alpha value is -2.38. The molecule has 0 saturated heterocycles. The van der Waals surface area contributed by atoms with Crippen LogP contribution in [-0.4, -0.2) is 38.7 Å². The molecular weight excluding hydrogens is 316 g/mol. The van der Waals surface area contributed by atoms with Gasteiger partial charge in [0, 0.05) is 28.8 Å². The first kappa shape index (κ1) is 17.0. The van der Waals surface area contributed by atoms with Crippen LogP contribution in [0.15, 0.2) is 35.7 Å². The van der Waals surface area contributed by atoms with E-state index in [0.717, 1.165) is 10.4 Å². The van der Waals surface area contributed by atoms with E-state index in [1.54, 1.807) is 18.2 Å². The molecule has 1 heterocycles. The Kier molecular flexibility index (Phi) is 5.72. The smallest absolute Gasteiger partial charge is 0.330 e. The first-order valence-corrected chi connectivity index (χ1v) is 7.75. The summed E-state index contributed by atoms with van der Waals surface area (Å²) < 4.78 is 9.62. The number of ether oxygens (including phenoxy) is 2. The van der Waals surface area contributed by atoms with Gasteiger partial charge in [-0.2, -0.15) is 0 Å². The molecule has 0 unspecified atom stereocenters. The van der Waals surface area contributed by atoms with E-state index in [1.807, 2.05) is 17.5 Å². The van der Waals surface area contributed by atoms with E-state index in [9.17, 15) is 9.59 Å². The Morgan fingerprint density at radius 1 is 1.30 bits per heavy atom.